The van der Waals surface area contributed by atoms with Crippen molar-refractivity contribution in [3.63, 3.8) is 0 Å². The minimum atomic E-state index is -4.07. The summed E-state index contributed by atoms with van der Waals surface area (Å²) < 4.78 is 58.9. The van der Waals surface area contributed by atoms with E-state index in [1.54, 1.807) is 7.05 Å². The number of benzene rings is 1. The minimum Gasteiger partial charge on any atom is -0.380 e. The fraction of sp³-hybridized carbons (Fsp3) is 0.538. The number of nitrogens with zero attached hydrogens (tertiary/aromatic N) is 1. The Balaban J connectivity index is 2.42. The summed E-state index contributed by atoms with van der Waals surface area (Å²) in [4.78, 5) is -0.616. The van der Waals surface area contributed by atoms with Gasteiger partial charge in [0, 0.05) is 26.2 Å². The lowest BCUT2D eigenvalue weighted by atomic mass is 10.2. The molecule has 1 aliphatic heterocycles. The second kappa shape index (κ2) is 6.78. The molecule has 1 heterocycles. The third-order valence-electron chi connectivity index (χ3n) is 3.23. The maximum atomic E-state index is 13.9. The predicted octanol–water partition coefficient (Wildman–Crippen LogP) is 1.10. The zero-order valence-electron chi connectivity index (χ0n) is 11.7. The van der Waals surface area contributed by atoms with Gasteiger partial charge in [-0.3, -0.25) is 0 Å². The van der Waals surface area contributed by atoms with Crippen molar-refractivity contribution in [1.29, 1.82) is 0 Å². The molecule has 2 rings (SSSR count). The van der Waals surface area contributed by atoms with Gasteiger partial charge in [0.25, 0.3) is 0 Å². The van der Waals surface area contributed by atoms with E-state index in [-0.39, 0.29) is 26.2 Å². The Morgan fingerprint density at radius 1 is 1.29 bits per heavy atom. The number of sulfonamides is 1. The minimum absolute atomic E-state index is 0.139. The molecule has 0 spiro atoms. The number of hydrogen-bond acceptors (Lipinski definition) is 4. The second-order valence-electron chi connectivity index (χ2n) is 4.79. The molecule has 8 heteroatoms. The molecule has 5 nitrogen and oxygen atoms in total. The standard InChI is InChI=1S/C13H18F2N2O3S/c1-16-9-10-7-11(14)13(15)12(8-10)21(18,19)17-3-2-5-20-6-4-17/h7-8,16H,2-6,9H2,1H3. The zero-order valence-corrected chi connectivity index (χ0v) is 12.5. The lowest BCUT2D eigenvalue weighted by molar-refractivity contribution is 0.148. The van der Waals surface area contributed by atoms with E-state index < -0.39 is 26.6 Å². The Kier molecular flexibility index (Phi) is 5.26. The topological polar surface area (TPSA) is 58.6 Å². The van der Waals surface area contributed by atoms with E-state index in [1.807, 2.05) is 0 Å². The van der Waals surface area contributed by atoms with Gasteiger partial charge in [-0.2, -0.15) is 4.31 Å². The number of nitrogens with one attached hydrogen (secondary N) is 1. The summed E-state index contributed by atoms with van der Waals surface area (Å²) in [6.45, 7) is 1.34. The van der Waals surface area contributed by atoms with Crippen molar-refractivity contribution in [2.45, 2.75) is 17.9 Å². The largest absolute Gasteiger partial charge is 0.380 e. The SMILES string of the molecule is CNCc1cc(F)c(F)c(S(=O)(=O)N2CCCOCC2)c1. The average molecular weight is 320 g/mol. The molecule has 1 fully saturated rings. The average Bonchev–Trinajstić information content (AvgIpc) is 2.72. The van der Waals surface area contributed by atoms with Crippen LogP contribution in [0.1, 0.15) is 12.0 Å². The first-order valence-corrected chi connectivity index (χ1v) is 8.11. The smallest absolute Gasteiger partial charge is 0.246 e. The summed E-state index contributed by atoms with van der Waals surface area (Å²) in [6, 6.07) is 2.17. The van der Waals surface area contributed by atoms with Gasteiger partial charge >= 0.3 is 0 Å². The van der Waals surface area contributed by atoms with Gasteiger partial charge in [0.05, 0.1) is 6.61 Å². The molecule has 1 aromatic carbocycles. The van der Waals surface area contributed by atoms with Gasteiger partial charge in [0.15, 0.2) is 11.6 Å². The van der Waals surface area contributed by atoms with E-state index in [0.717, 1.165) is 10.4 Å². The van der Waals surface area contributed by atoms with E-state index in [1.165, 1.54) is 6.07 Å². The molecule has 0 aromatic heterocycles. The predicted molar refractivity (Wildman–Crippen MR) is 73.3 cm³/mol. The van der Waals surface area contributed by atoms with E-state index >= 15 is 0 Å². The fourth-order valence-electron chi connectivity index (χ4n) is 2.21. The maximum Gasteiger partial charge on any atom is 0.246 e. The third kappa shape index (κ3) is 3.57. The summed E-state index contributed by atoms with van der Waals surface area (Å²) in [5.74, 6) is -2.49. The molecule has 0 saturated carbocycles. The van der Waals surface area contributed by atoms with E-state index in [0.29, 0.717) is 18.6 Å². The fourth-order valence-corrected chi connectivity index (χ4v) is 3.80. The van der Waals surface area contributed by atoms with Crippen LogP contribution in [-0.2, 0) is 21.3 Å². The van der Waals surface area contributed by atoms with Gasteiger partial charge in [0.1, 0.15) is 4.90 Å². The third-order valence-corrected chi connectivity index (χ3v) is 5.13. The summed E-state index contributed by atoms with van der Waals surface area (Å²) in [5, 5.41) is 2.78. The first-order chi connectivity index (χ1) is 9.96. The molecule has 0 unspecified atom stereocenters. The molecular weight excluding hydrogens is 302 g/mol. The first kappa shape index (κ1) is 16.3. The molecule has 0 radical (unpaired) electrons. The van der Waals surface area contributed by atoms with Gasteiger partial charge in [-0.25, -0.2) is 17.2 Å². The van der Waals surface area contributed by atoms with Crippen molar-refractivity contribution in [1.82, 2.24) is 9.62 Å². The highest BCUT2D eigenvalue weighted by Gasteiger charge is 2.30. The van der Waals surface area contributed by atoms with Crippen molar-refractivity contribution in [2.24, 2.45) is 0 Å². The van der Waals surface area contributed by atoms with Crippen LogP contribution in [-0.4, -0.2) is 46.1 Å². The Bertz CT molecular complexity index is 600. The highest BCUT2D eigenvalue weighted by molar-refractivity contribution is 7.89. The molecule has 0 atom stereocenters. The lowest BCUT2D eigenvalue weighted by Gasteiger charge is -2.20. The monoisotopic (exact) mass is 320 g/mol. The summed E-state index contributed by atoms with van der Waals surface area (Å²) >= 11 is 0. The molecule has 1 aliphatic rings. The first-order valence-electron chi connectivity index (χ1n) is 6.67. The number of rotatable bonds is 4. The highest BCUT2D eigenvalue weighted by Crippen LogP contribution is 2.24. The van der Waals surface area contributed by atoms with Crippen LogP contribution in [0.15, 0.2) is 17.0 Å². The number of hydrogen-bond donors (Lipinski definition) is 1. The van der Waals surface area contributed by atoms with Crippen LogP contribution < -0.4 is 5.32 Å². The summed E-state index contributed by atoms with van der Waals surface area (Å²) in [6.07, 6.45) is 0.527. The van der Waals surface area contributed by atoms with Crippen molar-refractivity contribution in [3.05, 3.63) is 29.3 Å². The molecule has 1 saturated heterocycles. The van der Waals surface area contributed by atoms with Gasteiger partial charge in [-0.05, 0) is 31.2 Å². The zero-order chi connectivity index (χ0) is 15.5. The summed E-state index contributed by atoms with van der Waals surface area (Å²) in [5.41, 5.74) is 0.376. The highest BCUT2D eigenvalue weighted by atomic mass is 32.2. The van der Waals surface area contributed by atoms with Crippen LogP contribution in [0.3, 0.4) is 0 Å². The maximum absolute atomic E-state index is 13.9. The second-order valence-corrected chi connectivity index (χ2v) is 6.70. The molecule has 1 aromatic rings. The lowest BCUT2D eigenvalue weighted by Crippen LogP contribution is -2.34. The number of halogens is 2. The molecule has 21 heavy (non-hydrogen) atoms. The molecule has 118 valence electrons. The number of ether oxygens (including phenoxy) is 1. The van der Waals surface area contributed by atoms with Crippen molar-refractivity contribution in [2.75, 3.05) is 33.4 Å². The summed E-state index contributed by atoms with van der Waals surface area (Å²) in [7, 11) is -2.43. The Morgan fingerprint density at radius 2 is 2.05 bits per heavy atom. The molecule has 0 bridgehead atoms. The van der Waals surface area contributed by atoms with Gasteiger partial charge in [0.2, 0.25) is 10.0 Å². The van der Waals surface area contributed by atoms with Gasteiger partial charge in [-0.1, -0.05) is 0 Å². The van der Waals surface area contributed by atoms with E-state index in [2.05, 4.69) is 5.32 Å². The Labute approximate surface area is 122 Å². The van der Waals surface area contributed by atoms with Crippen LogP contribution in [0.25, 0.3) is 0 Å². The van der Waals surface area contributed by atoms with Crippen LogP contribution in [0.4, 0.5) is 8.78 Å². The van der Waals surface area contributed by atoms with Crippen molar-refractivity contribution in [3.8, 4) is 0 Å². The Morgan fingerprint density at radius 3 is 2.76 bits per heavy atom. The molecule has 0 amide bonds. The quantitative estimate of drug-likeness (QED) is 0.902. The van der Waals surface area contributed by atoms with E-state index in [9.17, 15) is 17.2 Å². The molecule has 0 aliphatic carbocycles. The van der Waals surface area contributed by atoms with E-state index in [4.69, 9.17) is 4.74 Å². The van der Waals surface area contributed by atoms with Crippen molar-refractivity contribution < 1.29 is 21.9 Å². The van der Waals surface area contributed by atoms with Crippen LogP contribution in [0.5, 0.6) is 0 Å². The normalized spacial score (nSPS) is 17.7. The molecule has 1 N–H and O–H groups in total. The Hall–Kier alpha value is -1.09. The van der Waals surface area contributed by atoms with Crippen LogP contribution >= 0.6 is 0 Å². The van der Waals surface area contributed by atoms with Gasteiger partial charge in [-0.15, -0.1) is 0 Å². The van der Waals surface area contributed by atoms with Gasteiger partial charge < -0.3 is 10.1 Å². The van der Waals surface area contributed by atoms with Crippen LogP contribution in [0, 0.1) is 11.6 Å². The molecular formula is C13H18F2N2O3S. The van der Waals surface area contributed by atoms with Crippen molar-refractivity contribution >= 4 is 10.0 Å². The van der Waals surface area contributed by atoms with Crippen LogP contribution in [0.2, 0.25) is 0 Å².